The number of anilines is 1. The molecular weight excluding hydrogens is 342 g/mol. The van der Waals surface area contributed by atoms with Gasteiger partial charge in [-0.2, -0.15) is 0 Å². The van der Waals surface area contributed by atoms with E-state index in [1.807, 2.05) is 36.4 Å². The topological polar surface area (TPSA) is 20.3 Å². The van der Waals surface area contributed by atoms with Crippen LogP contribution in [0.5, 0.6) is 0 Å². The van der Waals surface area contributed by atoms with Gasteiger partial charge in [0.1, 0.15) is 0 Å². The average Bonchev–Trinajstić information content (AvgIpc) is 2.74. The largest absolute Gasteiger partial charge is 0.371 e. The van der Waals surface area contributed by atoms with E-state index >= 15 is 0 Å². The van der Waals surface area contributed by atoms with Crippen LogP contribution < -0.4 is 4.90 Å². The maximum Gasteiger partial charge on any atom is 0.195 e. The zero-order valence-electron chi connectivity index (χ0n) is 18.0. The summed E-state index contributed by atoms with van der Waals surface area (Å²) in [5.74, 6) is 0.116. The number of hydrogen-bond donors (Lipinski definition) is 0. The number of benzene rings is 2. The Morgan fingerprint density at radius 3 is 2.07 bits per heavy atom. The van der Waals surface area contributed by atoms with Gasteiger partial charge in [-0.1, -0.05) is 81.8 Å². The summed E-state index contributed by atoms with van der Waals surface area (Å²) in [4.78, 5) is 15.4. The number of unbranched alkanes of at least 4 members (excludes halogenated alkanes) is 6. The highest BCUT2D eigenvalue weighted by Crippen LogP contribution is 2.26. The Balaban J connectivity index is 2.09. The van der Waals surface area contributed by atoms with Crippen LogP contribution in [0.3, 0.4) is 0 Å². The van der Waals surface area contributed by atoms with E-state index in [2.05, 4.69) is 37.8 Å². The molecule has 0 amide bonds. The molecule has 0 atom stereocenters. The number of ketones is 1. The predicted molar refractivity (Wildman–Crippen MR) is 122 cm³/mol. The summed E-state index contributed by atoms with van der Waals surface area (Å²) in [6.45, 7) is 8.39. The minimum atomic E-state index is 0.116. The highest BCUT2D eigenvalue weighted by atomic mass is 16.1. The zero-order valence-corrected chi connectivity index (χ0v) is 18.0. The van der Waals surface area contributed by atoms with Gasteiger partial charge in [-0.25, -0.2) is 0 Å². The van der Waals surface area contributed by atoms with Crippen LogP contribution in [0.25, 0.3) is 0 Å². The molecule has 0 radical (unpaired) electrons. The van der Waals surface area contributed by atoms with E-state index < -0.39 is 0 Å². The zero-order chi connectivity index (χ0) is 20.2. The van der Waals surface area contributed by atoms with Crippen LogP contribution >= 0.6 is 0 Å². The lowest BCUT2D eigenvalue weighted by molar-refractivity contribution is 0.103. The van der Waals surface area contributed by atoms with Crippen molar-refractivity contribution in [1.82, 2.24) is 0 Å². The normalized spacial score (nSPS) is 10.8. The van der Waals surface area contributed by atoms with Gasteiger partial charge in [-0.3, -0.25) is 4.79 Å². The van der Waals surface area contributed by atoms with Crippen molar-refractivity contribution in [2.75, 3.05) is 18.0 Å². The molecule has 0 saturated heterocycles. The molecule has 2 nitrogen and oxygen atoms in total. The van der Waals surface area contributed by atoms with E-state index in [4.69, 9.17) is 0 Å². The Bertz CT molecular complexity index is 704. The maximum atomic E-state index is 13.1. The van der Waals surface area contributed by atoms with Crippen molar-refractivity contribution < 1.29 is 4.79 Å². The smallest absolute Gasteiger partial charge is 0.195 e. The Labute approximate surface area is 172 Å². The van der Waals surface area contributed by atoms with Crippen molar-refractivity contribution in [3.8, 4) is 0 Å². The SMILES string of the molecule is CCCCCCCCCc1ccc(C(=O)c2ccccc2)c(N(CC)CC)c1. The molecule has 0 aliphatic carbocycles. The van der Waals surface area contributed by atoms with E-state index in [1.54, 1.807) is 0 Å². The van der Waals surface area contributed by atoms with Gasteiger partial charge in [-0.05, 0) is 44.4 Å². The lowest BCUT2D eigenvalue weighted by atomic mass is 9.97. The fourth-order valence-corrected chi connectivity index (χ4v) is 3.78. The second-order valence-electron chi connectivity index (χ2n) is 7.59. The number of rotatable bonds is 13. The third-order valence-corrected chi connectivity index (χ3v) is 5.52. The maximum absolute atomic E-state index is 13.1. The first kappa shape index (κ1) is 22.2. The highest BCUT2D eigenvalue weighted by molar-refractivity contribution is 6.12. The third kappa shape index (κ3) is 6.51. The molecule has 0 saturated carbocycles. The van der Waals surface area contributed by atoms with Crippen LogP contribution in [0.15, 0.2) is 48.5 Å². The van der Waals surface area contributed by atoms with E-state index in [-0.39, 0.29) is 5.78 Å². The molecule has 0 aliphatic rings. The van der Waals surface area contributed by atoms with Gasteiger partial charge >= 0.3 is 0 Å². The molecule has 0 heterocycles. The predicted octanol–water partition coefficient (Wildman–Crippen LogP) is 7.06. The first-order chi connectivity index (χ1) is 13.7. The standard InChI is InChI=1S/C26H37NO/c1-4-7-8-9-10-11-13-16-22-19-20-24(25(21-22)27(5-2)6-3)26(28)23-17-14-12-15-18-23/h12,14-15,17-21H,4-11,13,16H2,1-3H3. The quantitative estimate of drug-likeness (QED) is 0.274. The molecule has 2 aromatic rings. The number of hydrogen-bond acceptors (Lipinski definition) is 2. The number of carbonyl (C=O) groups excluding carboxylic acids is 1. The van der Waals surface area contributed by atoms with Gasteiger partial charge in [0.15, 0.2) is 5.78 Å². The number of carbonyl (C=O) groups is 1. The fourth-order valence-electron chi connectivity index (χ4n) is 3.78. The molecule has 28 heavy (non-hydrogen) atoms. The van der Waals surface area contributed by atoms with Crippen LogP contribution in [-0.2, 0) is 6.42 Å². The van der Waals surface area contributed by atoms with Gasteiger partial charge in [0.05, 0.1) is 0 Å². The first-order valence-electron chi connectivity index (χ1n) is 11.2. The number of aryl methyl sites for hydroxylation is 1. The second-order valence-corrected chi connectivity index (χ2v) is 7.59. The molecule has 0 bridgehead atoms. The molecule has 0 N–H and O–H groups in total. The fraction of sp³-hybridized carbons (Fsp3) is 0.500. The van der Waals surface area contributed by atoms with Gasteiger partial charge in [-0.15, -0.1) is 0 Å². The van der Waals surface area contributed by atoms with Crippen molar-refractivity contribution in [3.63, 3.8) is 0 Å². The summed E-state index contributed by atoms with van der Waals surface area (Å²) in [7, 11) is 0. The van der Waals surface area contributed by atoms with Crippen LogP contribution in [0, 0.1) is 0 Å². The van der Waals surface area contributed by atoms with Gasteiger partial charge in [0.25, 0.3) is 0 Å². The van der Waals surface area contributed by atoms with Gasteiger partial charge in [0.2, 0.25) is 0 Å². The summed E-state index contributed by atoms with van der Waals surface area (Å²) >= 11 is 0. The minimum Gasteiger partial charge on any atom is -0.371 e. The average molecular weight is 380 g/mol. The van der Waals surface area contributed by atoms with E-state index in [0.29, 0.717) is 0 Å². The Hall–Kier alpha value is -2.09. The van der Waals surface area contributed by atoms with Crippen LogP contribution in [0.2, 0.25) is 0 Å². The summed E-state index contributed by atoms with van der Waals surface area (Å²) in [6, 6.07) is 16.1. The molecule has 2 aromatic carbocycles. The lowest BCUT2D eigenvalue weighted by Gasteiger charge is -2.24. The monoisotopic (exact) mass is 379 g/mol. The van der Waals surface area contributed by atoms with Gasteiger partial charge < -0.3 is 4.90 Å². The molecule has 152 valence electrons. The molecule has 0 aromatic heterocycles. The van der Waals surface area contributed by atoms with Crippen LogP contribution in [0.1, 0.15) is 87.2 Å². The van der Waals surface area contributed by atoms with Crippen LogP contribution in [0.4, 0.5) is 5.69 Å². The van der Waals surface area contributed by atoms with Crippen molar-refractivity contribution in [2.24, 2.45) is 0 Å². The van der Waals surface area contributed by atoms with Crippen LogP contribution in [-0.4, -0.2) is 18.9 Å². The highest BCUT2D eigenvalue weighted by Gasteiger charge is 2.17. The molecule has 2 heteroatoms. The van der Waals surface area contributed by atoms with Crippen molar-refractivity contribution in [3.05, 3.63) is 65.2 Å². The second kappa shape index (κ2) is 12.4. The van der Waals surface area contributed by atoms with Crippen molar-refractivity contribution >= 4 is 11.5 Å². The number of nitrogens with zero attached hydrogens (tertiary/aromatic N) is 1. The molecule has 2 rings (SSSR count). The molecule has 0 fully saturated rings. The van der Waals surface area contributed by atoms with Gasteiger partial charge in [0, 0.05) is 29.9 Å². The van der Waals surface area contributed by atoms with Crippen molar-refractivity contribution in [2.45, 2.75) is 72.1 Å². The molecule has 0 spiro atoms. The Morgan fingerprint density at radius 1 is 0.786 bits per heavy atom. The molecule has 0 unspecified atom stereocenters. The van der Waals surface area contributed by atoms with E-state index in [0.717, 1.165) is 36.3 Å². The summed E-state index contributed by atoms with van der Waals surface area (Å²) in [5, 5.41) is 0. The molecule has 0 aliphatic heterocycles. The summed E-state index contributed by atoms with van der Waals surface area (Å²) in [6.07, 6.45) is 10.4. The van der Waals surface area contributed by atoms with E-state index in [1.165, 1.54) is 50.5 Å². The Morgan fingerprint density at radius 2 is 1.43 bits per heavy atom. The summed E-state index contributed by atoms with van der Waals surface area (Å²) < 4.78 is 0. The third-order valence-electron chi connectivity index (χ3n) is 5.52. The van der Waals surface area contributed by atoms with Crippen molar-refractivity contribution in [1.29, 1.82) is 0 Å². The van der Waals surface area contributed by atoms with E-state index in [9.17, 15) is 4.79 Å². The molecular formula is C26H37NO. The minimum absolute atomic E-state index is 0.116. The summed E-state index contributed by atoms with van der Waals surface area (Å²) in [5.41, 5.74) is 4.01. The Kier molecular flexibility index (Phi) is 9.82. The first-order valence-corrected chi connectivity index (χ1v) is 11.2. The lowest BCUT2D eigenvalue weighted by Crippen LogP contribution is -2.24.